The van der Waals surface area contributed by atoms with Crippen molar-refractivity contribution >= 4 is 0 Å². The van der Waals surface area contributed by atoms with E-state index in [0.717, 1.165) is 6.42 Å². The third kappa shape index (κ3) is 7.35. The van der Waals surface area contributed by atoms with Gasteiger partial charge >= 0.3 is 0 Å². The predicted molar refractivity (Wildman–Crippen MR) is 138 cm³/mol. The van der Waals surface area contributed by atoms with Gasteiger partial charge in [0, 0.05) is 12.0 Å². The molecule has 0 radical (unpaired) electrons. The van der Waals surface area contributed by atoms with Gasteiger partial charge in [-0.1, -0.05) is 124 Å². The fourth-order valence-electron chi connectivity index (χ4n) is 3.95. The fraction of sp³-hybridized carbons (Fsp3) is 0.533. The Morgan fingerprint density at radius 2 is 1.00 bits per heavy atom. The van der Waals surface area contributed by atoms with Crippen LogP contribution in [-0.4, -0.2) is 11.7 Å². The highest BCUT2D eigenvalue weighted by atomic mass is 16.3. The zero-order valence-corrected chi connectivity index (χ0v) is 21.8. The van der Waals surface area contributed by atoms with Crippen molar-refractivity contribution in [3.63, 3.8) is 0 Å². The molecular formula is C30H46O. The lowest BCUT2D eigenvalue weighted by Gasteiger charge is -2.32. The summed E-state index contributed by atoms with van der Waals surface area (Å²) in [5, 5.41) is 9.16. The van der Waals surface area contributed by atoms with Gasteiger partial charge in [0.15, 0.2) is 0 Å². The standard InChI is InChI=1S/C15H24O.C15H22/c1-14(2,3)12-8-6-7-9-13(12)15(4,5)10-11-16;1-7-15(5,6)13-11-9-8-10-12(13)14(2,3)4/h6-9,16H,10-11H2,1-5H3;7-11H,1H2,2-6H3. The van der Waals surface area contributed by atoms with Crippen LogP contribution in [0.2, 0.25) is 0 Å². The molecule has 2 aromatic rings. The first kappa shape index (κ1) is 27.2. The SMILES string of the molecule is C=CC(C)(C)c1ccccc1C(C)(C)C.CC(C)(C)c1ccccc1C(C)(C)CCO. The highest BCUT2D eigenvalue weighted by Crippen LogP contribution is 2.36. The summed E-state index contributed by atoms with van der Waals surface area (Å²) in [6.07, 6.45) is 2.83. The highest BCUT2D eigenvalue weighted by Gasteiger charge is 2.27. The third-order valence-corrected chi connectivity index (χ3v) is 6.14. The quantitative estimate of drug-likeness (QED) is 0.483. The van der Waals surface area contributed by atoms with Gasteiger partial charge in [-0.3, -0.25) is 0 Å². The molecule has 0 aliphatic heterocycles. The molecule has 31 heavy (non-hydrogen) atoms. The van der Waals surface area contributed by atoms with Crippen LogP contribution in [0.1, 0.15) is 97.9 Å². The Kier molecular flexibility index (Phi) is 8.92. The lowest BCUT2D eigenvalue weighted by Crippen LogP contribution is -2.25. The van der Waals surface area contributed by atoms with E-state index in [1.807, 2.05) is 6.08 Å². The van der Waals surface area contributed by atoms with Crippen molar-refractivity contribution in [2.75, 3.05) is 6.61 Å². The minimum atomic E-state index is 0.0403. The summed E-state index contributed by atoms with van der Waals surface area (Å²) >= 11 is 0. The van der Waals surface area contributed by atoms with Crippen LogP contribution in [0.4, 0.5) is 0 Å². The molecule has 172 valence electrons. The number of hydrogen-bond donors (Lipinski definition) is 1. The van der Waals surface area contributed by atoms with E-state index in [1.54, 1.807) is 0 Å². The number of rotatable bonds is 5. The zero-order valence-electron chi connectivity index (χ0n) is 21.8. The first-order valence-corrected chi connectivity index (χ1v) is 11.5. The maximum absolute atomic E-state index is 9.16. The average molecular weight is 423 g/mol. The van der Waals surface area contributed by atoms with E-state index in [9.17, 15) is 0 Å². The minimum Gasteiger partial charge on any atom is -0.396 e. The van der Waals surface area contributed by atoms with Crippen LogP contribution in [0.3, 0.4) is 0 Å². The van der Waals surface area contributed by atoms with Crippen LogP contribution >= 0.6 is 0 Å². The molecule has 0 spiro atoms. The van der Waals surface area contributed by atoms with E-state index in [4.69, 9.17) is 5.11 Å². The van der Waals surface area contributed by atoms with Crippen molar-refractivity contribution in [2.24, 2.45) is 0 Å². The van der Waals surface area contributed by atoms with Crippen molar-refractivity contribution in [2.45, 2.75) is 97.3 Å². The minimum absolute atomic E-state index is 0.0403. The van der Waals surface area contributed by atoms with Crippen LogP contribution < -0.4 is 0 Å². The number of hydrogen-bond acceptors (Lipinski definition) is 1. The van der Waals surface area contributed by atoms with Crippen LogP contribution in [0.5, 0.6) is 0 Å². The maximum Gasteiger partial charge on any atom is 0.0439 e. The summed E-state index contributed by atoms with van der Waals surface area (Å²) < 4.78 is 0. The second kappa shape index (κ2) is 10.2. The molecule has 0 heterocycles. The van der Waals surface area contributed by atoms with Gasteiger partial charge in [0.2, 0.25) is 0 Å². The van der Waals surface area contributed by atoms with Gasteiger partial charge < -0.3 is 5.11 Å². The largest absolute Gasteiger partial charge is 0.396 e. The van der Waals surface area contributed by atoms with Crippen molar-refractivity contribution in [1.29, 1.82) is 0 Å². The molecule has 0 unspecified atom stereocenters. The fourth-order valence-corrected chi connectivity index (χ4v) is 3.95. The Hall–Kier alpha value is -1.86. The van der Waals surface area contributed by atoms with Crippen molar-refractivity contribution < 1.29 is 5.11 Å². The monoisotopic (exact) mass is 422 g/mol. The Morgan fingerprint density at radius 1 is 0.645 bits per heavy atom. The number of allylic oxidation sites excluding steroid dienone is 1. The van der Waals surface area contributed by atoms with Crippen LogP contribution in [0.25, 0.3) is 0 Å². The summed E-state index contributed by atoms with van der Waals surface area (Å²) in [5.41, 5.74) is 5.97. The Labute approximate surface area is 192 Å². The third-order valence-electron chi connectivity index (χ3n) is 6.14. The zero-order chi connectivity index (χ0) is 24.1. The lowest BCUT2D eigenvalue weighted by atomic mass is 9.73. The van der Waals surface area contributed by atoms with Gasteiger partial charge in [0.25, 0.3) is 0 Å². The molecule has 0 aliphatic rings. The topological polar surface area (TPSA) is 20.2 Å². The van der Waals surface area contributed by atoms with E-state index in [1.165, 1.54) is 22.3 Å². The Balaban J connectivity index is 0.000000311. The molecule has 2 rings (SSSR count). The van der Waals surface area contributed by atoms with Crippen LogP contribution in [-0.2, 0) is 21.7 Å². The van der Waals surface area contributed by atoms with Crippen molar-refractivity contribution in [3.8, 4) is 0 Å². The molecule has 1 N–H and O–H groups in total. The van der Waals surface area contributed by atoms with Gasteiger partial charge in [-0.2, -0.15) is 0 Å². The lowest BCUT2D eigenvalue weighted by molar-refractivity contribution is 0.251. The first-order chi connectivity index (χ1) is 14.1. The first-order valence-electron chi connectivity index (χ1n) is 11.5. The molecule has 0 saturated heterocycles. The summed E-state index contributed by atoms with van der Waals surface area (Å²) in [6.45, 7) is 26.5. The van der Waals surface area contributed by atoms with Gasteiger partial charge in [-0.25, -0.2) is 0 Å². The molecule has 0 aliphatic carbocycles. The summed E-state index contributed by atoms with van der Waals surface area (Å²) in [4.78, 5) is 0. The summed E-state index contributed by atoms with van der Waals surface area (Å²) in [7, 11) is 0. The molecule has 0 saturated carbocycles. The molecule has 0 aromatic heterocycles. The van der Waals surface area contributed by atoms with Gasteiger partial charge in [0.1, 0.15) is 0 Å². The summed E-state index contributed by atoms with van der Waals surface area (Å²) in [6, 6.07) is 17.2. The van der Waals surface area contributed by atoms with Gasteiger partial charge in [-0.15, -0.1) is 6.58 Å². The number of benzene rings is 2. The van der Waals surface area contributed by atoms with Crippen LogP contribution in [0, 0.1) is 0 Å². The average Bonchev–Trinajstić information content (AvgIpc) is 2.67. The van der Waals surface area contributed by atoms with E-state index >= 15 is 0 Å². The number of aliphatic hydroxyl groups excluding tert-OH is 1. The normalized spacial score (nSPS) is 12.7. The van der Waals surface area contributed by atoms with Crippen molar-refractivity contribution in [1.82, 2.24) is 0 Å². The molecule has 0 atom stereocenters. The van der Waals surface area contributed by atoms with Gasteiger partial charge in [-0.05, 0) is 44.9 Å². The van der Waals surface area contributed by atoms with Gasteiger partial charge in [0.05, 0.1) is 0 Å². The molecule has 1 heteroatoms. The van der Waals surface area contributed by atoms with E-state index in [2.05, 4.69) is 124 Å². The predicted octanol–water partition coefficient (Wildman–Crippen LogP) is 8.09. The summed E-state index contributed by atoms with van der Waals surface area (Å²) in [5.74, 6) is 0. The Morgan fingerprint density at radius 3 is 1.35 bits per heavy atom. The molecule has 0 fully saturated rings. The molecule has 0 bridgehead atoms. The van der Waals surface area contributed by atoms with Crippen molar-refractivity contribution in [3.05, 3.63) is 83.4 Å². The second-order valence-electron chi connectivity index (χ2n) is 11.9. The molecule has 2 aromatic carbocycles. The van der Waals surface area contributed by atoms with E-state index in [0.29, 0.717) is 0 Å². The number of aliphatic hydroxyl groups is 1. The maximum atomic E-state index is 9.16. The van der Waals surface area contributed by atoms with E-state index < -0.39 is 0 Å². The van der Waals surface area contributed by atoms with Crippen LogP contribution in [0.15, 0.2) is 61.2 Å². The highest BCUT2D eigenvalue weighted by molar-refractivity contribution is 5.40. The molecule has 1 nitrogen and oxygen atoms in total. The second-order valence-corrected chi connectivity index (χ2v) is 11.9. The molecular weight excluding hydrogens is 376 g/mol. The smallest absolute Gasteiger partial charge is 0.0439 e. The van der Waals surface area contributed by atoms with E-state index in [-0.39, 0.29) is 28.3 Å². The molecule has 0 amide bonds. The Bertz CT molecular complexity index is 841.